The van der Waals surface area contributed by atoms with E-state index >= 15 is 0 Å². The normalized spacial score (nSPS) is 14.8. The zero-order chi connectivity index (χ0) is 11.5. The molecule has 1 aromatic rings. The highest BCUT2D eigenvalue weighted by Crippen LogP contribution is 2.32. The van der Waals surface area contributed by atoms with Crippen LogP contribution in [0.5, 0.6) is 0 Å². The number of hydrogen-bond acceptors (Lipinski definition) is 4. The molecule has 1 heterocycles. The number of nitrogens with zero attached hydrogens (tertiary/aromatic N) is 3. The summed E-state index contributed by atoms with van der Waals surface area (Å²) in [6.07, 6.45) is 3.93. The van der Waals surface area contributed by atoms with Gasteiger partial charge in [0.1, 0.15) is 0 Å². The Kier molecular flexibility index (Phi) is 3.03. The number of aromatic nitrogens is 2. The molecule has 5 heteroatoms. The summed E-state index contributed by atoms with van der Waals surface area (Å²) < 4.78 is 0. The fraction of sp³-hybridized carbons (Fsp3) is 0.545. The number of primary amides is 1. The molecule has 0 atom stereocenters. The van der Waals surface area contributed by atoms with Gasteiger partial charge in [-0.05, 0) is 24.5 Å². The lowest BCUT2D eigenvalue weighted by Gasteiger charge is -2.16. The zero-order valence-corrected chi connectivity index (χ0v) is 9.39. The molecule has 0 spiro atoms. The Morgan fingerprint density at radius 1 is 1.50 bits per heavy atom. The molecule has 5 nitrogen and oxygen atoms in total. The van der Waals surface area contributed by atoms with Crippen LogP contribution in [0.15, 0.2) is 12.1 Å². The molecule has 1 aliphatic carbocycles. The summed E-state index contributed by atoms with van der Waals surface area (Å²) in [6, 6.07) is 3.39. The number of hydrogen-bond donors (Lipinski definition) is 1. The van der Waals surface area contributed by atoms with E-state index in [2.05, 4.69) is 15.1 Å². The van der Waals surface area contributed by atoms with Gasteiger partial charge < -0.3 is 10.6 Å². The zero-order valence-electron chi connectivity index (χ0n) is 9.39. The third-order valence-electron chi connectivity index (χ3n) is 2.86. The van der Waals surface area contributed by atoms with Crippen molar-refractivity contribution < 1.29 is 4.79 Å². The van der Waals surface area contributed by atoms with Gasteiger partial charge in [0.25, 0.3) is 5.91 Å². The van der Waals surface area contributed by atoms with Crippen molar-refractivity contribution in [2.24, 2.45) is 11.7 Å². The van der Waals surface area contributed by atoms with Crippen LogP contribution in [0.2, 0.25) is 0 Å². The average Bonchev–Trinajstić information content (AvgIpc) is 3.10. The number of carbonyl (C=O) groups excluding carboxylic acids is 1. The highest BCUT2D eigenvalue weighted by Gasteiger charge is 2.21. The summed E-state index contributed by atoms with van der Waals surface area (Å²) in [5.41, 5.74) is 5.30. The quantitative estimate of drug-likeness (QED) is 0.797. The van der Waals surface area contributed by atoms with Crippen molar-refractivity contribution in [1.82, 2.24) is 10.2 Å². The molecule has 1 amide bonds. The van der Waals surface area contributed by atoms with Crippen molar-refractivity contribution in [2.75, 3.05) is 18.5 Å². The Labute approximate surface area is 94.6 Å². The highest BCUT2D eigenvalue weighted by atomic mass is 16.1. The molecule has 86 valence electrons. The predicted octanol–water partition coefficient (Wildman–Crippen LogP) is 0.812. The summed E-state index contributed by atoms with van der Waals surface area (Å²) in [5.74, 6) is 1.14. The van der Waals surface area contributed by atoms with Crippen LogP contribution in [-0.2, 0) is 0 Å². The van der Waals surface area contributed by atoms with E-state index in [1.54, 1.807) is 12.1 Å². The lowest BCUT2D eigenvalue weighted by atomic mass is 10.3. The second-order valence-corrected chi connectivity index (χ2v) is 4.29. The average molecular weight is 220 g/mol. The van der Waals surface area contributed by atoms with E-state index in [4.69, 9.17) is 5.73 Å². The maximum absolute atomic E-state index is 10.8. The van der Waals surface area contributed by atoms with Gasteiger partial charge in [-0.15, -0.1) is 10.2 Å². The van der Waals surface area contributed by atoms with Crippen LogP contribution in [0, 0.1) is 5.92 Å². The molecule has 0 unspecified atom stereocenters. The van der Waals surface area contributed by atoms with Crippen molar-refractivity contribution in [1.29, 1.82) is 0 Å². The maximum atomic E-state index is 10.8. The third kappa shape index (κ3) is 2.68. The Morgan fingerprint density at radius 3 is 2.75 bits per heavy atom. The highest BCUT2D eigenvalue weighted by molar-refractivity contribution is 5.90. The van der Waals surface area contributed by atoms with Gasteiger partial charge in [0.15, 0.2) is 11.5 Å². The Bertz CT molecular complexity index is 372. The summed E-state index contributed by atoms with van der Waals surface area (Å²) in [6.45, 7) is 0.981. The monoisotopic (exact) mass is 220 g/mol. The van der Waals surface area contributed by atoms with E-state index in [9.17, 15) is 4.79 Å². The molecule has 0 bridgehead atoms. The van der Waals surface area contributed by atoms with Gasteiger partial charge in [-0.2, -0.15) is 0 Å². The molecular weight excluding hydrogens is 204 g/mol. The second kappa shape index (κ2) is 4.47. The van der Waals surface area contributed by atoms with Gasteiger partial charge in [0.2, 0.25) is 0 Å². The van der Waals surface area contributed by atoms with Crippen LogP contribution >= 0.6 is 0 Å². The Balaban J connectivity index is 1.93. The fourth-order valence-electron chi connectivity index (χ4n) is 1.56. The molecule has 16 heavy (non-hydrogen) atoms. The number of rotatable bonds is 5. The molecule has 1 fully saturated rings. The molecule has 2 rings (SSSR count). The summed E-state index contributed by atoms with van der Waals surface area (Å²) in [5, 5.41) is 7.75. The van der Waals surface area contributed by atoms with Gasteiger partial charge in [-0.3, -0.25) is 4.79 Å². The van der Waals surface area contributed by atoms with Crippen LogP contribution < -0.4 is 10.6 Å². The molecular formula is C11H16N4O. The first-order valence-corrected chi connectivity index (χ1v) is 5.51. The Hall–Kier alpha value is -1.65. The van der Waals surface area contributed by atoms with E-state index < -0.39 is 5.91 Å². The van der Waals surface area contributed by atoms with Crippen LogP contribution in [0.4, 0.5) is 5.82 Å². The van der Waals surface area contributed by atoms with Gasteiger partial charge in [-0.1, -0.05) is 12.8 Å². The minimum Gasteiger partial charge on any atom is -0.364 e. The van der Waals surface area contributed by atoms with Crippen LogP contribution in [0.3, 0.4) is 0 Å². The van der Waals surface area contributed by atoms with Gasteiger partial charge in [-0.25, -0.2) is 0 Å². The number of anilines is 1. The van der Waals surface area contributed by atoms with Gasteiger partial charge in [0, 0.05) is 13.6 Å². The molecule has 1 aromatic heterocycles. The molecule has 0 saturated heterocycles. The van der Waals surface area contributed by atoms with Crippen molar-refractivity contribution >= 4 is 11.7 Å². The van der Waals surface area contributed by atoms with Crippen LogP contribution in [0.1, 0.15) is 29.8 Å². The van der Waals surface area contributed by atoms with E-state index in [-0.39, 0.29) is 5.69 Å². The fourth-order valence-corrected chi connectivity index (χ4v) is 1.56. The minimum absolute atomic E-state index is 0.208. The lowest BCUT2D eigenvalue weighted by molar-refractivity contribution is 0.0994. The molecule has 2 N–H and O–H groups in total. The minimum atomic E-state index is -0.542. The second-order valence-electron chi connectivity index (χ2n) is 4.29. The largest absolute Gasteiger partial charge is 0.364 e. The first-order valence-electron chi connectivity index (χ1n) is 5.51. The number of carbonyl (C=O) groups is 1. The topological polar surface area (TPSA) is 72.1 Å². The van der Waals surface area contributed by atoms with E-state index in [1.807, 2.05) is 7.05 Å². The molecule has 1 aliphatic rings. The molecule has 0 aliphatic heterocycles. The van der Waals surface area contributed by atoms with Crippen molar-refractivity contribution in [3.05, 3.63) is 17.8 Å². The third-order valence-corrected chi connectivity index (χ3v) is 2.86. The van der Waals surface area contributed by atoms with Gasteiger partial charge >= 0.3 is 0 Å². The first-order chi connectivity index (χ1) is 7.66. The van der Waals surface area contributed by atoms with Crippen molar-refractivity contribution in [3.63, 3.8) is 0 Å². The summed E-state index contributed by atoms with van der Waals surface area (Å²) in [4.78, 5) is 12.9. The smallest absolute Gasteiger partial charge is 0.269 e. The first kappa shape index (κ1) is 10.9. The van der Waals surface area contributed by atoms with E-state index in [1.165, 1.54) is 19.3 Å². The molecule has 1 saturated carbocycles. The summed E-state index contributed by atoms with van der Waals surface area (Å²) >= 11 is 0. The van der Waals surface area contributed by atoms with E-state index in [0.29, 0.717) is 0 Å². The summed E-state index contributed by atoms with van der Waals surface area (Å²) in [7, 11) is 1.98. The van der Waals surface area contributed by atoms with Crippen LogP contribution in [0.25, 0.3) is 0 Å². The predicted molar refractivity (Wildman–Crippen MR) is 61.2 cm³/mol. The molecule has 0 aromatic carbocycles. The SMILES string of the molecule is CN(CCC1CC1)c1ccc(C(N)=O)nn1. The van der Waals surface area contributed by atoms with Crippen LogP contribution in [-0.4, -0.2) is 29.7 Å². The van der Waals surface area contributed by atoms with E-state index in [0.717, 1.165) is 18.3 Å². The lowest BCUT2D eigenvalue weighted by Crippen LogP contribution is -2.21. The Morgan fingerprint density at radius 2 is 2.25 bits per heavy atom. The van der Waals surface area contributed by atoms with Gasteiger partial charge in [0.05, 0.1) is 0 Å². The maximum Gasteiger partial charge on any atom is 0.269 e. The standard InChI is InChI=1S/C11H16N4O/c1-15(7-6-8-2-3-8)10-5-4-9(11(12)16)13-14-10/h4-5,8H,2-3,6-7H2,1H3,(H2,12,16). The molecule has 0 radical (unpaired) electrons. The van der Waals surface area contributed by atoms with Crippen molar-refractivity contribution in [2.45, 2.75) is 19.3 Å². The van der Waals surface area contributed by atoms with Crippen molar-refractivity contribution in [3.8, 4) is 0 Å². The number of nitrogens with two attached hydrogens (primary N) is 1. The number of amides is 1.